The monoisotopic (exact) mass is 497 g/mol. The first kappa shape index (κ1) is 23.8. The van der Waals surface area contributed by atoms with Gasteiger partial charge < -0.3 is 20.7 Å². The molecule has 0 aliphatic carbocycles. The fourth-order valence-electron chi connectivity index (χ4n) is 4.75. The number of aromatic nitrogens is 1. The van der Waals surface area contributed by atoms with Gasteiger partial charge in [0.1, 0.15) is 28.0 Å². The highest BCUT2D eigenvalue weighted by Gasteiger charge is 2.32. The highest BCUT2D eigenvalue weighted by atomic mass is 32.1. The van der Waals surface area contributed by atoms with Gasteiger partial charge in [-0.2, -0.15) is 5.26 Å². The van der Waals surface area contributed by atoms with Crippen molar-refractivity contribution in [1.82, 2.24) is 9.88 Å². The van der Waals surface area contributed by atoms with Gasteiger partial charge in [0, 0.05) is 24.3 Å². The average molecular weight is 498 g/mol. The van der Waals surface area contributed by atoms with Gasteiger partial charge in [0.25, 0.3) is 5.91 Å². The normalized spacial score (nSPS) is 17.7. The van der Waals surface area contributed by atoms with Crippen molar-refractivity contribution in [2.75, 3.05) is 24.1 Å². The van der Waals surface area contributed by atoms with Gasteiger partial charge in [-0.3, -0.25) is 4.79 Å². The molecule has 1 saturated heterocycles. The molecule has 2 aromatic heterocycles. The molecular formula is C28H27N5O2S. The van der Waals surface area contributed by atoms with Gasteiger partial charge in [0.05, 0.1) is 22.4 Å². The topological polar surface area (TPSA) is 104 Å². The van der Waals surface area contributed by atoms with Gasteiger partial charge in [-0.15, -0.1) is 11.3 Å². The molecule has 2 aromatic carbocycles. The minimum atomic E-state index is -0.131. The van der Waals surface area contributed by atoms with E-state index in [1.54, 1.807) is 0 Å². The van der Waals surface area contributed by atoms with E-state index in [1.807, 2.05) is 80.3 Å². The molecule has 0 spiro atoms. The van der Waals surface area contributed by atoms with E-state index in [0.717, 1.165) is 21.5 Å². The zero-order valence-corrected chi connectivity index (χ0v) is 21.2. The summed E-state index contributed by atoms with van der Waals surface area (Å²) >= 11 is 1.42. The number of carbonyl (C=O) groups excluding carboxylic acids is 1. The van der Waals surface area contributed by atoms with Crippen LogP contribution in [0.15, 0.2) is 54.6 Å². The Morgan fingerprint density at radius 3 is 2.56 bits per heavy atom. The maximum atomic E-state index is 14.0. The van der Waals surface area contributed by atoms with E-state index in [0.29, 0.717) is 40.3 Å². The molecular weight excluding hydrogens is 470 g/mol. The lowest BCUT2D eigenvalue weighted by atomic mass is 9.99. The Hall–Kier alpha value is -3.93. The first-order valence-corrected chi connectivity index (χ1v) is 12.7. The van der Waals surface area contributed by atoms with Crippen LogP contribution in [0.2, 0.25) is 0 Å². The summed E-state index contributed by atoms with van der Waals surface area (Å²) in [7, 11) is 0. The minimum absolute atomic E-state index is 0.0705. The molecule has 1 aliphatic rings. The highest BCUT2D eigenvalue weighted by Crippen LogP contribution is 2.44. The molecule has 3 heterocycles. The van der Waals surface area contributed by atoms with Crippen LogP contribution in [0.25, 0.3) is 21.3 Å². The molecule has 0 saturated carbocycles. The first-order valence-electron chi connectivity index (χ1n) is 11.9. The number of nitrogens with two attached hydrogens (primary N) is 1. The number of pyridine rings is 1. The smallest absolute Gasteiger partial charge is 0.259 e. The van der Waals surface area contributed by atoms with Crippen LogP contribution in [-0.2, 0) is 4.74 Å². The van der Waals surface area contributed by atoms with Crippen molar-refractivity contribution in [2.24, 2.45) is 0 Å². The second-order valence-corrected chi connectivity index (χ2v) is 10.2. The molecule has 0 radical (unpaired) electrons. The SMILES string of the molecule is Cc1cccc(Nc2sc3c(-c4ccccc4)c(C#N)c(N)nc3c2C(=O)N2CC(C)OC(C)C2)c1. The summed E-state index contributed by atoms with van der Waals surface area (Å²) in [5, 5.41) is 14.1. The number of hydrogen-bond donors (Lipinski definition) is 2. The molecule has 1 amide bonds. The van der Waals surface area contributed by atoms with Gasteiger partial charge in [0.2, 0.25) is 0 Å². The van der Waals surface area contributed by atoms with Crippen molar-refractivity contribution in [3.8, 4) is 17.2 Å². The maximum Gasteiger partial charge on any atom is 0.259 e. The molecule has 4 aromatic rings. The predicted molar refractivity (Wildman–Crippen MR) is 145 cm³/mol. The van der Waals surface area contributed by atoms with Crippen molar-refractivity contribution in [1.29, 1.82) is 5.26 Å². The van der Waals surface area contributed by atoms with Gasteiger partial charge in [-0.25, -0.2) is 4.98 Å². The number of carbonyl (C=O) groups is 1. The second-order valence-electron chi connectivity index (χ2n) is 9.17. The summed E-state index contributed by atoms with van der Waals surface area (Å²) in [6, 6.07) is 19.8. The number of aryl methyl sites for hydroxylation is 1. The van der Waals surface area contributed by atoms with E-state index in [-0.39, 0.29) is 23.9 Å². The molecule has 1 aliphatic heterocycles. The molecule has 7 nitrogen and oxygen atoms in total. The fourth-order valence-corrected chi connectivity index (χ4v) is 5.98. The van der Waals surface area contributed by atoms with Crippen molar-refractivity contribution >= 4 is 44.0 Å². The number of fused-ring (bicyclic) bond motifs is 1. The van der Waals surface area contributed by atoms with E-state index in [2.05, 4.69) is 16.4 Å². The second kappa shape index (κ2) is 9.61. The van der Waals surface area contributed by atoms with Crippen LogP contribution in [0.5, 0.6) is 0 Å². The Kier molecular flexibility index (Phi) is 6.35. The zero-order valence-electron chi connectivity index (χ0n) is 20.4. The molecule has 3 N–H and O–H groups in total. The van der Waals surface area contributed by atoms with E-state index in [1.165, 1.54) is 11.3 Å². The van der Waals surface area contributed by atoms with Crippen LogP contribution in [0.3, 0.4) is 0 Å². The number of hydrogen-bond acceptors (Lipinski definition) is 7. The Labute approximate surface area is 214 Å². The number of nitriles is 1. The molecule has 36 heavy (non-hydrogen) atoms. The van der Waals surface area contributed by atoms with Crippen LogP contribution >= 0.6 is 11.3 Å². The van der Waals surface area contributed by atoms with E-state index in [4.69, 9.17) is 10.5 Å². The van der Waals surface area contributed by atoms with Gasteiger partial charge in [-0.05, 0) is 44.0 Å². The van der Waals surface area contributed by atoms with E-state index >= 15 is 0 Å². The average Bonchev–Trinajstić information content (AvgIpc) is 3.19. The van der Waals surface area contributed by atoms with Crippen molar-refractivity contribution < 1.29 is 9.53 Å². The molecule has 5 rings (SSSR count). The molecule has 182 valence electrons. The zero-order chi connectivity index (χ0) is 25.4. The number of nitrogen functional groups attached to an aromatic ring is 1. The molecule has 1 fully saturated rings. The third kappa shape index (κ3) is 4.39. The van der Waals surface area contributed by atoms with Crippen molar-refractivity contribution in [3.63, 3.8) is 0 Å². The number of morpholine rings is 1. The fraction of sp³-hybridized carbons (Fsp3) is 0.250. The summed E-state index contributed by atoms with van der Waals surface area (Å²) in [6.45, 7) is 6.93. The number of nitrogens with zero attached hydrogens (tertiary/aromatic N) is 3. The van der Waals surface area contributed by atoms with E-state index in [9.17, 15) is 10.1 Å². The largest absolute Gasteiger partial charge is 0.383 e. The van der Waals surface area contributed by atoms with Crippen LogP contribution in [0, 0.1) is 18.3 Å². The van der Waals surface area contributed by atoms with Gasteiger partial charge >= 0.3 is 0 Å². The predicted octanol–water partition coefficient (Wildman–Crippen LogP) is 5.72. The standard InChI is InChI=1S/C28H27N5O2S/c1-16-8-7-11-20(12-16)31-27-23(28(34)33-14-17(2)35-18(3)15-33)24-25(36-27)22(19-9-5-4-6-10-19)21(13-29)26(30)32-24/h4-12,17-18,31H,14-15H2,1-3H3,(H2,30,32). The van der Waals surface area contributed by atoms with Gasteiger partial charge in [0.15, 0.2) is 0 Å². The number of benzene rings is 2. The third-order valence-corrected chi connectivity index (χ3v) is 7.33. The maximum absolute atomic E-state index is 14.0. The summed E-state index contributed by atoms with van der Waals surface area (Å²) in [6.07, 6.45) is -0.141. The summed E-state index contributed by atoms with van der Waals surface area (Å²) < 4.78 is 6.61. The number of nitrogens with one attached hydrogen (secondary N) is 1. The van der Waals surface area contributed by atoms with E-state index < -0.39 is 0 Å². The minimum Gasteiger partial charge on any atom is -0.383 e. The van der Waals surface area contributed by atoms with Crippen molar-refractivity contribution in [2.45, 2.75) is 33.0 Å². The lowest BCUT2D eigenvalue weighted by Crippen LogP contribution is -2.48. The highest BCUT2D eigenvalue weighted by molar-refractivity contribution is 7.24. The first-order chi connectivity index (χ1) is 17.4. The summed E-state index contributed by atoms with van der Waals surface area (Å²) in [4.78, 5) is 20.5. The summed E-state index contributed by atoms with van der Waals surface area (Å²) in [5.74, 6) is -0.0180. The third-order valence-electron chi connectivity index (χ3n) is 6.22. The van der Waals surface area contributed by atoms with Crippen LogP contribution in [0.1, 0.15) is 35.3 Å². The Balaban J connectivity index is 1.75. The number of anilines is 3. The number of rotatable bonds is 4. The Morgan fingerprint density at radius 2 is 1.89 bits per heavy atom. The molecule has 0 bridgehead atoms. The summed E-state index contributed by atoms with van der Waals surface area (Å²) in [5.41, 5.74) is 11.1. The van der Waals surface area contributed by atoms with Crippen LogP contribution in [0.4, 0.5) is 16.5 Å². The van der Waals surface area contributed by atoms with Crippen LogP contribution < -0.4 is 11.1 Å². The lowest BCUT2D eigenvalue weighted by molar-refractivity contribution is -0.0585. The Bertz CT molecular complexity index is 1480. The molecule has 8 heteroatoms. The number of ether oxygens (including phenoxy) is 1. The molecule has 2 unspecified atom stereocenters. The quantitative estimate of drug-likeness (QED) is 0.374. The lowest BCUT2D eigenvalue weighted by Gasteiger charge is -2.35. The van der Waals surface area contributed by atoms with Gasteiger partial charge in [-0.1, -0.05) is 42.5 Å². The number of thiophene rings is 1. The van der Waals surface area contributed by atoms with Crippen LogP contribution in [-0.4, -0.2) is 41.1 Å². The molecule has 2 atom stereocenters. The van der Waals surface area contributed by atoms with Crippen molar-refractivity contribution in [3.05, 3.63) is 71.3 Å². The number of amides is 1. The Morgan fingerprint density at radius 1 is 1.17 bits per heavy atom.